The molecule has 0 aliphatic carbocycles. The predicted molar refractivity (Wildman–Crippen MR) is 101 cm³/mol. The molecule has 2 heterocycles. The van der Waals surface area contributed by atoms with Gasteiger partial charge in [-0.3, -0.25) is 9.69 Å². The standard InChI is InChI=1S/C20H27N3O3/c1-25-15-11-21-19(24)20(22-17-6-3-2-4-7-17)9-12-23(13-10-20)16-18-8-5-14-26-18/h2-8,14,22H,9-13,15-16H2,1H3,(H,21,24). The van der Waals surface area contributed by atoms with Gasteiger partial charge in [0.1, 0.15) is 11.3 Å². The first-order valence-corrected chi connectivity index (χ1v) is 9.07. The molecule has 26 heavy (non-hydrogen) atoms. The van der Waals surface area contributed by atoms with Gasteiger partial charge in [0.25, 0.3) is 0 Å². The van der Waals surface area contributed by atoms with Crippen LogP contribution >= 0.6 is 0 Å². The van der Waals surface area contributed by atoms with Crippen LogP contribution < -0.4 is 10.6 Å². The summed E-state index contributed by atoms with van der Waals surface area (Å²) in [6.45, 7) is 3.47. The van der Waals surface area contributed by atoms with Crippen LogP contribution in [0.3, 0.4) is 0 Å². The molecule has 0 saturated carbocycles. The van der Waals surface area contributed by atoms with Crippen LogP contribution in [0.5, 0.6) is 0 Å². The van der Waals surface area contributed by atoms with Crippen molar-refractivity contribution in [2.24, 2.45) is 0 Å². The van der Waals surface area contributed by atoms with Gasteiger partial charge in [-0.2, -0.15) is 0 Å². The average molecular weight is 357 g/mol. The highest BCUT2D eigenvalue weighted by Gasteiger charge is 2.41. The molecule has 0 bridgehead atoms. The Morgan fingerprint density at radius 3 is 2.62 bits per heavy atom. The van der Waals surface area contributed by atoms with Crippen molar-refractivity contribution in [3.05, 3.63) is 54.5 Å². The molecule has 6 nitrogen and oxygen atoms in total. The molecule has 2 aromatic rings. The highest BCUT2D eigenvalue weighted by Crippen LogP contribution is 2.28. The second kappa shape index (κ2) is 8.87. The molecule has 1 fully saturated rings. The Labute approximate surface area is 154 Å². The van der Waals surface area contributed by atoms with Gasteiger partial charge >= 0.3 is 0 Å². The fourth-order valence-corrected chi connectivity index (χ4v) is 3.36. The Morgan fingerprint density at radius 2 is 1.96 bits per heavy atom. The molecular formula is C20H27N3O3. The number of ether oxygens (including phenoxy) is 1. The molecule has 1 amide bonds. The van der Waals surface area contributed by atoms with Crippen LogP contribution in [0.1, 0.15) is 18.6 Å². The SMILES string of the molecule is COCCNC(=O)C1(Nc2ccccc2)CCN(Cc2ccco2)CC1. The first-order chi connectivity index (χ1) is 12.7. The van der Waals surface area contributed by atoms with E-state index in [4.69, 9.17) is 9.15 Å². The lowest BCUT2D eigenvalue weighted by molar-refractivity contribution is -0.127. The number of hydrogen-bond donors (Lipinski definition) is 2. The normalized spacial score (nSPS) is 17.0. The van der Waals surface area contributed by atoms with Crippen molar-refractivity contribution in [1.29, 1.82) is 0 Å². The van der Waals surface area contributed by atoms with E-state index in [-0.39, 0.29) is 5.91 Å². The maximum atomic E-state index is 13.0. The Balaban J connectivity index is 1.67. The molecule has 0 radical (unpaired) electrons. The van der Waals surface area contributed by atoms with Crippen molar-refractivity contribution in [2.45, 2.75) is 24.9 Å². The summed E-state index contributed by atoms with van der Waals surface area (Å²) in [5, 5.41) is 6.51. The minimum Gasteiger partial charge on any atom is -0.468 e. The summed E-state index contributed by atoms with van der Waals surface area (Å²) < 4.78 is 10.5. The molecule has 1 aliphatic rings. The lowest BCUT2D eigenvalue weighted by atomic mass is 9.85. The maximum Gasteiger partial charge on any atom is 0.245 e. The topological polar surface area (TPSA) is 66.7 Å². The number of amides is 1. The maximum absolute atomic E-state index is 13.0. The fraction of sp³-hybridized carbons (Fsp3) is 0.450. The van der Waals surface area contributed by atoms with Gasteiger partial charge < -0.3 is 19.8 Å². The van der Waals surface area contributed by atoms with Crippen molar-refractivity contribution < 1.29 is 13.9 Å². The first kappa shape index (κ1) is 18.5. The van der Waals surface area contributed by atoms with Gasteiger partial charge in [0.2, 0.25) is 5.91 Å². The van der Waals surface area contributed by atoms with Crippen molar-refractivity contribution in [3.63, 3.8) is 0 Å². The minimum atomic E-state index is -0.602. The number of rotatable bonds is 8. The van der Waals surface area contributed by atoms with E-state index in [2.05, 4.69) is 15.5 Å². The number of nitrogens with zero attached hydrogens (tertiary/aromatic N) is 1. The van der Waals surface area contributed by atoms with E-state index in [0.717, 1.165) is 43.9 Å². The molecule has 0 unspecified atom stereocenters. The number of piperidine rings is 1. The smallest absolute Gasteiger partial charge is 0.245 e. The first-order valence-electron chi connectivity index (χ1n) is 9.07. The monoisotopic (exact) mass is 357 g/mol. The van der Waals surface area contributed by atoms with Crippen LogP contribution in [0.2, 0.25) is 0 Å². The van der Waals surface area contributed by atoms with Gasteiger partial charge in [-0.1, -0.05) is 18.2 Å². The van der Waals surface area contributed by atoms with Crippen LogP contribution in [0, 0.1) is 0 Å². The molecular weight excluding hydrogens is 330 g/mol. The molecule has 0 spiro atoms. The van der Waals surface area contributed by atoms with Gasteiger partial charge in [-0.05, 0) is 37.1 Å². The number of para-hydroxylation sites is 1. The second-order valence-electron chi connectivity index (χ2n) is 6.68. The van der Waals surface area contributed by atoms with Crippen molar-refractivity contribution in [1.82, 2.24) is 10.2 Å². The Hall–Kier alpha value is -2.31. The summed E-state index contributed by atoms with van der Waals surface area (Å²) in [5.41, 5.74) is 0.364. The molecule has 1 saturated heterocycles. The zero-order valence-electron chi connectivity index (χ0n) is 15.2. The third kappa shape index (κ3) is 4.65. The van der Waals surface area contributed by atoms with Gasteiger partial charge in [-0.15, -0.1) is 0 Å². The van der Waals surface area contributed by atoms with Crippen molar-refractivity contribution >= 4 is 11.6 Å². The summed E-state index contributed by atoms with van der Waals surface area (Å²) in [6, 6.07) is 13.8. The van der Waals surface area contributed by atoms with Crippen LogP contribution in [0.4, 0.5) is 5.69 Å². The molecule has 1 aromatic carbocycles. The molecule has 2 N–H and O–H groups in total. The lowest BCUT2D eigenvalue weighted by Gasteiger charge is -2.41. The Bertz CT molecular complexity index is 665. The molecule has 1 aromatic heterocycles. The summed E-state index contributed by atoms with van der Waals surface area (Å²) in [6.07, 6.45) is 3.17. The van der Waals surface area contributed by atoms with E-state index < -0.39 is 5.54 Å². The quantitative estimate of drug-likeness (QED) is 0.711. The van der Waals surface area contributed by atoms with Gasteiger partial charge in [-0.25, -0.2) is 0 Å². The zero-order valence-corrected chi connectivity index (χ0v) is 15.2. The number of anilines is 1. The summed E-state index contributed by atoms with van der Waals surface area (Å²) in [4.78, 5) is 15.3. The number of carbonyl (C=O) groups is 1. The van der Waals surface area contributed by atoms with Gasteiger partial charge in [0.05, 0.1) is 19.4 Å². The highest BCUT2D eigenvalue weighted by molar-refractivity contribution is 5.89. The molecule has 6 heteroatoms. The number of carbonyl (C=O) groups excluding carboxylic acids is 1. The summed E-state index contributed by atoms with van der Waals surface area (Å²) in [7, 11) is 1.64. The van der Waals surface area contributed by atoms with E-state index in [1.807, 2.05) is 42.5 Å². The Morgan fingerprint density at radius 1 is 1.19 bits per heavy atom. The molecule has 3 rings (SSSR count). The largest absolute Gasteiger partial charge is 0.468 e. The van der Waals surface area contributed by atoms with Crippen LogP contribution in [0.15, 0.2) is 53.1 Å². The number of nitrogens with one attached hydrogen (secondary N) is 2. The lowest BCUT2D eigenvalue weighted by Crippen LogP contribution is -2.58. The van der Waals surface area contributed by atoms with E-state index in [1.54, 1.807) is 13.4 Å². The number of benzene rings is 1. The van der Waals surface area contributed by atoms with Crippen molar-refractivity contribution in [2.75, 3.05) is 38.7 Å². The van der Waals surface area contributed by atoms with Crippen LogP contribution in [0.25, 0.3) is 0 Å². The van der Waals surface area contributed by atoms with Gasteiger partial charge in [0.15, 0.2) is 0 Å². The molecule has 1 aliphatic heterocycles. The van der Waals surface area contributed by atoms with E-state index in [0.29, 0.717) is 13.2 Å². The fourth-order valence-electron chi connectivity index (χ4n) is 3.36. The molecule has 140 valence electrons. The zero-order chi connectivity index (χ0) is 18.2. The average Bonchev–Trinajstić information content (AvgIpc) is 3.17. The Kier molecular flexibility index (Phi) is 6.30. The summed E-state index contributed by atoms with van der Waals surface area (Å²) in [5.74, 6) is 0.995. The van der Waals surface area contributed by atoms with E-state index >= 15 is 0 Å². The predicted octanol–water partition coefficient (Wildman–Crippen LogP) is 2.49. The minimum absolute atomic E-state index is 0.0380. The molecule has 0 atom stereocenters. The summed E-state index contributed by atoms with van der Waals surface area (Å²) >= 11 is 0. The third-order valence-corrected chi connectivity index (χ3v) is 4.85. The van der Waals surface area contributed by atoms with Crippen LogP contribution in [-0.4, -0.2) is 49.7 Å². The van der Waals surface area contributed by atoms with E-state index in [9.17, 15) is 4.79 Å². The van der Waals surface area contributed by atoms with Crippen molar-refractivity contribution in [3.8, 4) is 0 Å². The van der Waals surface area contributed by atoms with E-state index in [1.165, 1.54) is 0 Å². The van der Waals surface area contributed by atoms with Crippen LogP contribution in [-0.2, 0) is 16.1 Å². The second-order valence-corrected chi connectivity index (χ2v) is 6.68. The van der Waals surface area contributed by atoms with Gasteiger partial charge in [0, 0.05) is 32.4 Å². The number of likely N-dealkylation sites (tertiary alicyclic amines) is 1. The third-order valence-electron chi connectivity index (χ3n) is 4.85. The number of furan rings is 1. The number of methoxy groups -OCH3 is 1. The number of hydrogen-bond acceptors (Lipinski definition) is 5. The highest BCUT2D eigenvalue weighted by atomic mass is 16.5.